The molecule has 1 fully saturated rings. The number of rotatable bonds is 5. The van der Waals surface area contributed by atoms with Crippen molar-refractivity contribution in [3.63, 3.8) is 0 Å². The highest BCUT2D eigenvalue weighted by atomic mass is 35.5. The van der Waals surface area contributed by atoms with E-state index in [4.69, 9.17) is 18.0 Å². The number of para-hydroxylation sites is 1. The maximum Gasteiger partial charge on any atom is 0.268 e. The minimum atomic E-state index is -1.76. The van der Waals surface area contributed by atoms with Crippen LogP contribution in [0.4, 0.5) is 10.1 Å². The van der Waals surface area contributed by atoms with E-state index >= 15 is 0 Å². The van der Waals surface area contributed by atoms with Crippen molar-refractivity contribution in [2.24, 2.45) is 0 Å². The van der Waals surface area contributed by atoms with E-state index in [2.05, 4.69) is 21.5 Å². The highest BCUT2D eigenvalue weighted by Crippen LogP contribution is 2.46. The summed E-state index contributed by atoms with van der Waals surface area (Å²) in [5.41, 5.74) is -0.431. The van der Waals surface area contributed by atoms with Gasteiger partial charge in [-0.25, -0.2) is 4.39 Å². The van der Waals surface area contributed by atoms with Crippen LogP contribution in [0, 0.1) is 12.3 Å². The van der Waals surface area contributed by atoms with Crippen LogP contribution < -0.4 is 10.6 Å². The minimum absolute atomic E-state index is 0.0352. The number of likely N-dealkylation sites (tertiary alicyclic amines) is 1. The molecule has 37 heavy (non-hydrogen) atoms. The molecule has 190 valence electrons. The Hall–Kier alpha value is -3.83. The zero-order chi connectivity index (χ0) is 26.5. The summed E-state index contributed by atoms with van der Waals surface area (Å²) in [7, 11) is 0. The molecule has 0 saturated carbocycles. The first kappa shape index (κ1) is 24.8. The van der Waals surface area contributed by atoms with Gasteiger partial charge in [0.1, 0.15) is 17.4 Å². The number of nitrogens with zero attached hydrogens (tertiary/aromatic N) is 1. The molecule has 0 radical (unpaired) electrons. The summed E-state index contributed by atoms with van der Waals surface area (Å²) < 4.78 is 14.8. The molecule has 3 atom stereocenters. The zero-order valence-electron chi connectivity index (χ0n) is 20.4. The number of H-pyrrole nitrogens is 1. The number of amides is 3. The van der Waals surface area contributed by atoms with E-state index in [1.54, 1.807) is 30.3 Å². The van der Waals surface area contributed by atoms with Crippen LogP contribution in [0.2, 0.25) is 5.02 Å². The number of hydrogen-bond acceptors (Lipinski definition) is 3. The first-order chi connectivity index (χ1) is 17.5. The van der Waals surface area contributed by atoms with E-state index in [1.165, 1.54) is 18.7 Å². The Morgan fingerprint density at radius 1 is 1.30 bits per heavy atom. The number of carbonyl (C=O) groups is 3. The van der Waals surface area contributed by atoms with Crippen molar-refractivity contribution in [2.45, 2.75) is 49.9 Å². The Balaban J connectivity index is 1.44. The Morgan fingerprint density at radius 2 is 2.05 bits per heavy atom. The lowest BCUT2D eigenvalue weighted by atomic mass is 9.79. The summed E-state index contributed by atoms with van der Waals surface area (Å²) in [4.78, 5) is 44.5. The van der Waals surface area contributed by atoms with Gasteiger partial charge in [0.15, 0.2) is 0 Å². The van der Waals surface area contributed by atoms with Crippen molar-refractivity contribution in [2.75, 3.05) is 11.9 Å². The van der Waals surface area contributed by atoms with Crippen molar-refractivity contribution >= 4 is 45.9 Å². The van der Waals surface area contributed by atoms with Crippen molar-refractivity contribution in [3.05, 3.63) is 64.8 Å². The number of fused-ring (bicyclic) bond motifs is 3. The van der Waals surface area contributed by atoms with Gasteiger partial charge in [-0.3, -0.25) is 14.4 Å². The molecule has 2 aromatic carbocycles. The molecule has 0 bridgehead atoms. The summed E-state index contributed by atoms with van der Waals surface area (Å²) in [6, 6.07) is 12.2. The molecule has 2 aliphatic heterocycles. The van der Waals surface area contributed by atoms with E-state index in [-0.39, 0.29) is 31.0 Å². The molecule has 1 saturated heterocycles. The molecular weight excluding hydrogens is 495 g/mol. The summed E-state index contributed by atoms with van der Waals surface area (Å²) in [6.07, 6.45) is 5.77. The Bertz CT molecular complexity index is 1470. The molecule has 3 heterocycles. The Kier molecular flexibility index (Phi) is 5.99. The molecule has 3 N–H and O–H groups in total. The molecule has 2 unspecified atom stereocenters. The van der Waals surface area contributed by atoms with Crippen LogP contribution in [0.25, 0.3) is 10.9 Å². The fourth-order valence-corrected chi connectivity index (χ4v) is 5.53. The molecule has 7 nitrogen and oxygen atoms in total. The van der Waals surface area contributed by atoms with Gasteiger partial charge in [0, 0.05) is 34.6 Å². The quantitative estimate of drug-likeness (QED) is 0.440. The predicted molar refractivity (Wildman–Crippen MR) is 140 cm³/mol. The lowest BCUT2D eigenvalue weighted by molar-refractivity contribution is -0.134. The third-order valence-electron chi connectivity index (χ3n) is 7.08. The summed E-state index contributed by atoms with van der Waals surface area (Å²) in [5.74, 6) is 1.30. The number of carbonyl (C=O) groups excluding carboxylic acids is 3. The van der Waals surface area contributed by atoms with Crippen LogP contribution in [-0.4, -0.2) is 51.9 Å². The van der Waals surface area contributed by atoms with E-state index < -0.39 is 35.0 Å². The van der Waals surface area contributed by atoms with Gasteiger partial charge in [-0.2, -0.15) is 0 Å². The van der Waals surface area contributed by atoms with Crippen LogP contribution in [0.1, 0.15) is 42.7 Å². The third-order valence-corrected chi connectivity index (χ3v) is 7.32. The molecule has 0 aliphatic carbocycles. The predicted octanol–water partition coefficient (Wildman–Crippen LogP) is 4.18. The topological polar surface area (TPSA) is 94.3 Å². The van der Waals surface area contributed by atoms with Gasteiger partial charge in [0.2, 0.25) is 11.8 Å². The number of nitrogens with one attached hydrogen (secondary N) is 3. The van der Waals surface area contributed by atoms with Crippen LogP contribution in [0.5, 0.6) is 0 Å². The van der Waals surface area contributed by atoms with Gasteiger partial charge in [-0.15, -0.1) is 6.42 Å². The first-order valence-corrected chi connectivity index (χ1v) is 12.3. The van der Waals surface area contributed by atoms with Crippen LogP contribution in [0.3, 0.4) is 0 Å². The number of benzene rings is 2. The van der Waals surface area contributed by atoms with Crippen LogP contribution >= 0.6 is 11.6 Å². The molecular formula is C28H26ClFN4O3. The molecule has 3 amide bonds. The van der Waals surface area contributed by atoms with Gasteiger partial charge >= 0.3 is 0 Å². The second-order valence-corrected chi connectivity index (χ2v) is 10.7. The van der Waals surface area contributed by atoms with E-state index in [0.29, 0.717) is 16.2 Å². The van der Waals surface area contributed by atoms with Crippen molar-refractivity contribution in [1.82, 2.24) is 15.2 Å². The SMILES string of the molecule is C#CC1C[C@@]2(CN1C(=O)C(CC(C)(C)F)NC(=O)c1cc3ccc(Cl)cc3[nH]1)C(=O)Nc1ccccc12. The van der Waals surface area contributed by atoms with E-state index in [0.717, 1.165) is 10.9 Å². The summed E-state index contributed by atoms with van der Waals surface area (Å²) >= 11 is 6.04. The smallest absolute Gasteiger partial charge is 0.268 e. The number of alkyl halides is 1. The number of terminal acetylenes is 1. The fourth-order valence-electron chi connectivity index (χ4n) is 5.36. The molecule has 1 aromatic heterocycles. The summed E-state index contributed by atoms with van der Waals surface area (Å²) in [6.45, 7) is 2.72. The van der Waals surface area contributed by atoms with Gasteiger partial charge in [-0.1, -0.05) is 41.8 Å². The second-order valence-electron chi connectivity index (χ2n) is 10.3. The average Bonchev–Trinajstić information content (AvgIpc) is 3.51. The third kappa shape index (κ3) is 4.44. The fraction of sp³-hybridized carbons (Fsp3) is 0.321. The van der Waals surface area contributed by atoms with Gasteiger partial charge in [-0.05, 0) is 50.1 Å². The average molecular weight is 521 g/mol. The zero-order valence-corrected chi connectivity index (χ0v) is 21.2. The number of hydrogen-bond donors (Lipinski definition) is 3. The molecule has 9 heteroatoms. The molecule has 3 aromatic rings. The van der Waals surface area contributed by atoms with E-state index in [9.17, 15) is 18.8 Å². The summed E-state index contributed by atoms with van der Waals surface area (Å²) in [5, 5.41) is 6.85. The number of aromatic amines is 1. The highest BCUT2D eigenvalue weighted by molar-refractivity contribution is 6.31. The Labute approximate surface area is 218 Å². The molecule has 5 rings (SSSR count). The molecule has 2 aliphatic rings. The minimum Gasteiger partial charge on any atom is -0.350 e. The van der Waals surface area contributed by atoms with Crippen LogP contribution in [0.15, 0.2) is 48.5 Å². The normalized spacial score (nSPS) is 21.5. The lowest BCUT2D eigenvalue weighted by Crippen LogP contribution is -2.52. The molecule has 1 spiro atoms. The van der Waals surface area contributed by atoms with Gasteiger partial charge < -0.3 is 20.5 Å². The maximum atomic E-state index is 14.8. The number of anilines is 1. The number of aromatic nitrogens is 1. The number of halogens is 2. The van der Waals surface area contributed by atoms with Crippen molar-refractivity contribution in [3.8, 4) is 12.3 Å². The highest BCUT2D eigenvalue weighted by Gasteiger charge is 2.56. The van der Waals surface area contributed by atoms with Gasteiger partial charge in [0.05, 0.1) is 11.5 Å². The second kappa shape index (κ2) is 8.93. The van der Waals surface area contributed by atoms with Gasteiger partial charge in [0.25, 0.3) is 5.91 Å². The largest absolute Gasteiger partial charge is 0.350 e. The Morgan fingerprint density at radius 3 is 2.78 bits per heavy atom. The maximum absolute atomic E-state index is 14.8. The van der Waals surface area contributed by atoms with E-state index in [1.807, 2.05) is 18.2 Å². The van der Waals surface area contributed by atoms with Crippen molar-refractivity contribution in [1.29, 1.82) is 0 Å². The van der Waals surface area contributed by atoms with Crippen LogP contribution in [-0.2, 0) is 15.0 Å². The standard InChI is InChI=1S/C28H26ClFN4O3/c1-4-18-13-28(19-7-5-6-8-20(19)33-26(28)37)15-34(18)25(36)23(14-27(2,3)30)32-24(35)22-11-16-9-10-17(29)12-21(16)31-22/h1,5-12,18,23,31H,13-15H2,2-3H3,(H,32,35)(H,33,37)/t18?,23?,28-/m0/s1. The lowest BCUT2D eigenvalue weighted by Gasteiger charge is -2.30. The van der Waals surface area contributed by atoms with Crippen molar-refractivity contribution < 1.29 is 18.8 Å². The monoisotopic (exact) mass is 520 g/mol. The first-order valence-electron chi connectivity index (χ1n) is 12.0.